The standard InChI is InChI=1S/C25H32F3N3O3/c1-24(9-18(32)10-24)23(33)30-22-11-29-21-3-2-19(8-20(21)22)34-5-4-15-6-16-12-31(13-17(16)7-15)14-25(26,27)28/h2-3,8,11,15-18,29,32H,4-7,9-10,12-14H2,1H3,(H,30,33)/t15?,16-,17+,18?,24?. The van der Waals surface area contributed by atoms with Crippen molar-refractivity contribution in [2.75, 3.05) is 31.6 Å². The second-order valence-electron chi connectivity index (χ2n) is 10.8. The van der Waals surface area contributed by atoms with Crippen molar-refractivity contribution in [1.82, 2.24) is 9.88 Å². The summed E-state index contributed by atoms with van der Waals surface area (Å²) in [6.07, 6.45) is 1.03. The van der Waals surface area contributed by atoms with E-state index in [9.17, 15) is 23.1 Å². The molecule has 1 saturated heterocycles. The highest BCUT2D eigenvalue weighted by molar-refractivity contribution is 6.04. The van der Waals surface area contributed by atoms with Gasteiger partial charge >= 0.3 is 6.18 Å². The molecule has 6 nitrogen and oxygen atoms in total. The van der Waals surface area contributed by atoms with Gasteiger partial charge in [0.1, 0.15) is 5.75 Å². The minimum absolute atomic E-state index is 0.0920. The molecule has 1 aliphatic heterocycles. The quantitative estimate of drug-likeness (QED) is 0.544. The van der Waals surface area contributed by atoms with E-state index in [1.54, 1.807) is 11.1 Å². The zero-order chi connectivity index (χ0) is 24.1. The Morgan fingerprint density at radius 2 is 1.97 bits per heavy atom. The topological polar surface area (TPSA) is 77.6 Å². The highest BCUT2D eigenvalue weighted by atomic mass is 19.4. The number of H-pyrrole nitrogens is 1. The highest BCUT2D eigenvalue weighted by Crippen LogP contribution is 2.44. The summed E-state index contributed by atoms with van der Waals surface area (Å²) in [6, 6.07) is 5.73. The Bertz CT molecular complexity index is 1030. The number of aromatic nitrogens is 1. The number of aromatic amines is 1. The number of benzene rings is 1. The average Bonchev–Trinajstić information content (AvgIpc) is 3.39. The van der Waals surface area contributed by atoms with Crippen LogP contribution in [0.2, 0.25) is 0 Å². The minimum Gasteiger partial charge on any atom is -0.494 e. The van der Waals surface area contributed by atoms with Crippen LogP contribution in [0.25, 0.3) is 10.9 Å². The molecule has 0 spiro atoms. The van der Waals surface area contributed by atoms with Crippen LogP contribution in [0.1, 0.15) is 39.0 Å². The van der Waals surface area contributed by atoms with Crippen molar-refractivity contribution in [1.29, 1.82) is 0 Å². The third kappa shape index (κ3) is 4.91. The summed E-state index contributed by atoms with van der Waals surface area (Å²) in [5.41, 5.74) is 1.05. The van der Waals surface area contributed by atoms with Gasteiger partial charge in [0.2, 0.25) is 5.91 Å². The Morgan fingerprint density at radius 3 is 2.62 bits per heavy atom. The number of ether oxygens (including phenoxy) is 1. The van der Waals surface area contributed by atoms with Crippen LogP contribution in [-0.4, -0.2) is 59.4 Å². The van der Waals surface area contributed by atoms with Crippen molar-refractivity contribution in [3.05, 3.63) is 24.4 Å². The number of hydrogen-bond acceptors (Lipinski definition) is 4. The number of nitrogens with zero attached hydrogens (tertiary/aromatic N) is 1. The number of nitrogens with one attached hydrogen (secondary N) is 2. The molecule has 34 heavy (non-hydrogen) atoms. The maximum atomic E-state index is 12.7. The predicted molar refractivity (Wildman–Crippen MR) is 123 cm³/mol. The number of fused-ring (bicyclic) bond motifs is 2. The molecule has 5 rings (SSSR count). The summed E-state index contributed by atoms with van der Waals surface area (Å²) in [4.78, 5) is 17.4. The van der Waals surface area contributed by atoms with E-state index in [4.69, 9.17) is 4.74 Å². The Balaban J connectivity index is 1.12. The van der Waals surface area contributed by atoms with Crippen molar-refractivity contribution < 1.29 is 27.8 Å². The number of carbonyl (C=O) groups is 1. The first-order valence-corrected chi connectivity index (χ1v) is 12.1. The molecule has 3 atom stereocenters. The number of carbonyl (C=O) groups excluding carboxylic acids is 1. The van der Waals surface area contributed by atoms with Crippen molar-refractivity contribution in [3.8, 4) is 5.75 Å². The van der Waals surface area contributed by atoms with E-state index in [0.717, 1.165) is 35.9 Å². The number of anilines is 1. The molecule has 3 aliphatic rings. The van der Waals surface area contributed by atoms with E-state index in [0.29, 0.717) is 56.0 Å². The van der Waals surface area contributed by atoms with Crippen LogP contribution in [-0.2, 0) is 4.79 Å². The van der Waals surface area contributed by atoms with Gasteiger partial charge in [0.25, 0.3) is 0 Å². The normalized spacial score (nSPS) is 31.4. The SMILES string of the molecule is CC1(C(=O)Nc2c[nH]c3ccc(OCCC4C[C@@H]5CN(CC(F)(F)F)C[C@@H]5C4)cc23)CC(O)C1. The third-order valence-electron chi connectivity index (χ3n) is 7.94. The number of likely N-dealkylation sites (tertiary alicyclic amines) is 1. The zero-order valence-corrected chi connectivity index (χ0v) is 19.3. The smallest absolute Gasteiger partial charge is 0.401 e. The summed E-state index contributed by atoms with van der Waals surface area (Å²) in [5.74, 6) is 1.86. The Labute approximate surface area is 196 Å². The number of rotatable bonds is 7. The minimum atomic E-state index is -4.12. The molecular weight excluding hydrogens is 447 g/mol. The lowest BCUT2D eigenvalue weighted by atomic mass is 9.67. The molecule has 3 N–H and O–H groups in total. The predicted octanol–water partition coefficient (Wildman–Crippen LogP) is 4.56. The van der Waals surface area contributed by atoms with Crippen LogP contribution < -0.4 is 10.1 Å². The Kier molecular flexibility index (Phi) is 6.04. The lowest BCUT2D eigenvalue weighted by Crippen LogP contribution is -2.47. The van der Waals surface area contributed by atoms with Crippen molar-refractivity contribution in [2.24, 2.45) is 23.2 Å². The molecule has 0 bridgehead atoms. The number of aliphatic hydroxyl groups is 1. The summed E-state index contributed by atoms with van der Waals surface area (Å²) in [7, 11) is 0. The number of amides is 1. The van der Waals surface area contributed by atoms with Crippen molar-refractivity contribution >= 4 is 22.5 Å². The van der Waals surface area contributed by atoms with Gasteiger partial charge in [0.05, 0.1) is 30.4 Å². The molecule has 1 aromatic heterocycles. The van der Waals surface area contributed by atoms with Gasteiger partial charge in [-0.25, -0.2) is 0 Å². The van der Waals surface area contributed by atoms with Gasteiger partial charge in [-0.1, -0.05) is 6.92 Å². The van der Waals surface area contributed by atoms with E-state index in [-0.39, 0.29) is 5.91 Å². The molecular formula is C25H32F3N3O3. The molecule has 2 heterocycles. The highest BCUT2D eigenvalue weighted by Gasteiger charge is 2.46. The molecule has 1 unspecified atom stereocenters. The van der Waals surface area contributed by atoms with Gasteiger partial charge in [-0.15, -0.1) is 0 Å². The van der Waals surface area contributed by atoms with Crippen LogP contribution in [0.4, 0.5) is 18.9 Å². The number of hydrogen-bond donors (Lipinski definition) is 3. The van der Waals surface area contributed by atoms with E-state index in [1.165, 1.54) is 0 Å². The van der Waals surface area contributed by atoms with Gasteiger partial charge in [0.15, 0.2) is 0 Å². The third-order valence-corrected chi connectivity index (χ3v) is 7.94. The van der Waals surface area contributed by atoms with Gasteiger partial charge in [-0.05, 0) is 68.1 Å². The van der Waals surface area contributed by atoms with Crippen molar-refractivity contribution in [2.45, 2.75) is 51.3 Å². The second kappa shape index (κ2) is 8.75. The Hall–Kier alpha value is -2.26. The molecule has 9 heteroatoms. The van der Waals surface area contributed by atoms with Gasteiger partial charge in [-0.3, -0.25) is 9.69 Å². The molecule has 1 amide bonds. The first-order valence-electron chi connectivity index (χ1n) is 12.1. The summed E-state index contributed by atoms with van der Waals surface area (Å²) in [5, 5.41) is 13.4. The largest absolute Gasteiger partial charge is 0.494 e. The fourth-order valence-corrected chi connectivity index (χ4v) is 6.22. The molecule has 2 aromatic rings. The van der Waals surface area contributed by atoms with E-state index >= 15 is 0 Å². The van der Waals surface area contributed by atoms with Crippen LogP contribution in [0.3, 0.4) is 0 Å². The molecule has 186 valence electrons. The zero-order valence-electron chi connectivity index (χ0n) is 19.3. The molecule has 3 fully saturated rings. The first-order chi connectivity index (χ1) is 16.1. The van der Waals surface area contributed by atoms with E-state index in [2.05, 4.69) is 10.3 Å². The monoisotopic (exact) mass is 479 g/mol. The number of halogens is 3. The van der Waals surface area contributed by atoms with Crippen molar-refractivity contribution in [3.63, 3.8) is 0 Å². The van der Waals surface area contributed by atoms with Gasteiger partial charge in [-0.2, -0.15) is 13.2 Å². The Morgan fingerprint density at radius 1 is 1.26 bits per heavy atom. The lowest BCUT2D eigenvalue weighted by Gasteiger charge is -2.40. The fourth-order valence-electron chi connectivity index (χ4n) is 6.22. The van der Waals surface area contributed by atoms with Gasteiger partial charge < -0.3 is 20.1 Å². The second-order valence-corrected chi connectivity index (χ2v) is 10.8. The van der Waals surface area contributed by atoms with Crippen LogP contribution in [0.5, 0.6) is 5.75 Å². The molecule has 2 aliphatic carbocycles. The lowest BCUT2D eigenvalue weighted by molar-refractivity contribution is -0.144. The molecule has 2 saturated carbocycles. The van der Waals surface area contributed by atoms with E-state index < -0.39 is 24.2 Å². The maximum absolute atomic E-state index is 12.7. The fraction of sp³-hybridized carbons (Fsp3) is 0.640. The molecule has 1 aromatic carbocycles. The van der Waals surface area contributed by atoms with Crippen LogP contribution >= 0.6 is 0 Å². The summed E-state index contributed by atoms with van der Waals surface area (Å²) < 4.78 is 44.0. The number of alkyl halides is 3. The summed E-state index contributed by atoms with van der Waals surface area (Å²) >= 11 is 0. The van der Waals surface area contributed by atoms with Gasteiger partial charge in [0, 0.05) is 30.2 Å². The van der Waals surface area contributed by atoms with Crippen LogP contribution in [0, 0.1) is 23.2 Å². The van der Waals surface area contributed by atoms with E-state index in [1.807, 2.05) is 25.1 Å². The average molecular weight is 480 g/mol. The molecule has 0 radical (unpaired) electrons. The first kappa shape index (κ1) is 23.5. The number of aliphatic hydroxyl groups excluding tert-OH is 1. The maximum Gasteiger partial charge on any atom is 0.401 e. The van der Waals surface area contributed by atoms with Crippen LogP contribution in [0.15, 0.2) is 24.4 Å². The summed E-state index contributed by atoms with van der Waals surface area (Å²) in [6.45, 7) is 2.74.